The monoisotopic (exact) mass is 527 g/mol. The van der Waals surface area contributed by atoms with Gasteiger partial charge in [-0.25, -0.2) is 9.78 Å². The second kappa shape index (κ2) is 11.1. The van der Waals surface area contributed by atoms with Crippen molar-refractivity contribution in [3.63, 3.8) is 0 Å². The van der Waals surface area contributed by atoms with Gasteiger partial charge in [-0.2, -0.15) is 0 Å². The third-order valence-corrected chi connectivity index (χ3v) is 7.43. The van der Waals surface area contributed by atoms with Crippen molar-refractivity contribution in [2.24, 2.45) is 0 Å². The van der Waals surface area contributed by atoms with Gasteiger partial charge < -0.3 is 29.5 Å². The fourth-order valence-corrected chi connectivity index (χ4v) is 5.21. The van der Waals surface area contributed by atoms with Crippen LogP contribution < -0.4 is 15.2 Å². The minimum Gasteiger partial charge on any atom is -0.477 e. The summed E-state index contributed by atoms with van der Waals surface area (Å²) in [6, 6.07) is 7.57. The molecule has 198 valence electrons. The number of carbonyl (C=O) groups is 1. The minimum atomic E-state index is -1.30. The Labute approximate surface area is 221 Å². The van der Waals surface area contributed by atoms with Crippen LogP contribution in [-0.2, 0) is 0 Å². The van der Waals surface area contributed by atoms with Crippen molar-refractivity contribution in [1.29, 1.82) is 0 Å². The van der Waals surface area contributed by atoms with Crippen molar-refractivity contribution in [2.75, 3.05) is 50.1 Å². The van der Waals surface area contributed by atoms with Crippen LogP contribution in [0.25, 0.3) is 16.6 Å². The van der Waals surface area contributed by atoms with Gasteiger partial charge in [-0.3, -0.25) is 4.79 Å². The molecule has 10 heteroatoms. The first-order valence-corrected chi connectivity index (χ1v) is 13.0. The quantitative estimate of drug-likeness (QED) is 0.502. The lowest BCUT2D eigenvalue weighted by atomic mass is 10.1. The summed E-state index contributed by atoms with van der Waals surface area (Å²) in [6.45, 7) is 6.55. The Bertz CT molecular complexity index is 1340. The van der Waals surface area contributed by atoms with Gasteiger partial charge in [0.15, 0.2) is 0 Å². The number of benzene rings is 1. The number of fused-ring (bicyclic) bond motifs is 1. The van der Waals surface area contributed by atoms with Crippen LogP contribution in [0, 0.1) is 0 Å². The molecule has 2 aromatic heterocycles. The molecule has 3 aromatic rings. The molecule has 0 radical (unpaired) electrons. The maximum atomic E-state index is 13.0. The number of aromatic carboxylic acids is 1. The van der Waals surface area contributed by atoms with E-state index < -0.39 is 11.4 Å². The predicted octanol–water partition coefficient (Wildman–Crippen LogP) is 3.47. The van der Waals surface area contributed by atoms with Gasteiger partial charge in [0.05, 0.1) is 40.8 Å². The van der Waals surface area contributed by atoms with Crippen LogP contribution in [0.15, 0.2) is 41.5 Å². The van der Waals surface area contributed by atoms with Crippen LogP contribution in [-0.4, -0.2) is 83.1 Å². The highest BCUT2D eigenvalue weighted by Gasteiger charge is 2.29. The third kappa shape index (κ3) is 5.03. The number of nitrogens with zero attached hydrogens (tertiary/aromatic N) is 5. The molecule has 2 aliphatic rings. The molecule has 2 saturated heterocycles. The van der Waals surface area contributed by atoms with Crippen molar-refractivity contribution in [3.8, 4) is 5.69 Å². The fourth-order valence-electron chi connectivity index (χ4n) is 4.94. The Kier molecular flexibility index (Phi) is 8.06. The Morgan fingerprint density at radius 3 is 2.54 bits per heavy atom. The smallest absolute Gasteiger partial charge is 0.341 e. The van der Waals surface area contributed by atoms with E-state index in [9.17, 15) is 19.8 Å². The molecule has 1 atom stereocenters. The van der Waals surface area contributed by atoms with Gasteiger partial charge in [-0.05, 0) is 51.2 Å². The van der Waals surface area contributed by atoms with E-state index in [-0.39, 0.29) is 23.6 Å². The second-order valence-corrected chi connectivity index (χ2v) is 9.84. The number of hydrogen-bond donors (Lipinski definition) is 2. The average Bonchev–Trinajstić information content (AvgIpc) is 3.33. The number of aliphatic hydroxyl groups is 1. The lowest BCUT2D eigenvalue weighted by Crippen LogP contribution is -2.57. The number of halogens is 1. The van der Waals surface area contributed by atoms with E-state index in [0.717, 1.165) is 38.3 Å². The predicted molar refractivity (Wildman–Crippen MR) is 148 cm³/mol. The lowest BCUT2D eigenvalue weighted by molar-refractivity contribution is 0.0695. The molecule has 2 aliphatic heterocycles. The number of pyridine rings is 2. The number of rotatable bonds is 6. The first kappa shape index (κ1) is 26.9. The molecule has 0 saturated carbocycles. The maximum Gasteiger partial charge on any atom is 0.341 e. The maximum absolute atomic E-state index is 13.0. The first-order valence-electron chi connectivity index (χ1n) is 12.7. The highest BCUT2D eigenvalue weighted by molar-refractivity contribution is 6.34. The van der Waals surface area contributed by atoms with Crippen LogP contribution >= 0.6 is 11.6 Å². The van der Waals surface area contributed by atoms with Crippen molar-refractivity contribution >= 4 is 40.0 Å². The van der Waals surface area contributed by atoms with E-state index in [2.05, 4.69) is 28.9 Å². The molecular weight excluding hydrogens is 494 g/mol. The van der Waals surface area contributed by atoms with Crippen LogP contribution in [0.5, 0.6) is 0 Å². The molecule has 1 aromatic carbocycles. The highest BCUT2D eigenvalue weighted by Crippen LogP contribution is 2.35. The van der Waals surface area contributed by atoms with Gasteiger partial charge in [0.25, 0.3) is 0 Å². The lowest BCUT2D eigenvalue weighted by Gasteiger charge is -2.43. The van der Waals surface area contributed by atoms with Gasteiger partial charge in [0, 0.05) is 37.3 Å². The average molecular weight is 528 g/mol. The molecule has 9 nitrogen and oxygen atoms in total. The molecule has 4 heterocycles. The van der Waals surface area contributed by atoms with E-state index >= 15 is 0 Å². The van der Waals surface area contributed by atoms with E-state index in [0.29, 0.717) is 28.0 Å². The molecule has 0 bridgehead atoms. The van der Waals surface area contributed by atoms with Gasteiger partial charge in [0.1, 0.15) is 11.4 Å². The van der Waals surface area contributed by atoms with Crippen LogP contribution in [0.3, 0.4) is 0 Å². The van der Waals surface area contributed by atoms with Crippen molar-refractivity contribution in [1.82, 2.24) is 14.5 Å². The first-order chi connectivity index (χ1) is 17.8. The molecule has 37 heavy (non-hydrogen) atoms. The van der Waals surface area contributed by atoms with E-state index in [1.165, 1.54) is 12.3 Å². The third-order valence-electron chi connectivity index (χ3n) is 7.13. The Morgan fingerprint density at radius 2 is 1.95 bits per heavy atom. The Balaban J connectivity index is 0.00000156. The van der Waals surface area contributed by atoms with Gasteiger partial charge in [0.2, 0.25) is 5.43 Å². The number of aliphatic hydroxyl groups excluding tert-OH is 1. The Morgan fingerprint density at radius 1 is 1.22 bits per heavy atom. The number of aromatic nitrogens is 2. The van der Waals surface area contributed by atoms with Crippen LogP contribution in [0.4, 0.5) is 11.5 Å². The zero-order chi connectivity index (χ0) is 26.9. The normalized spacial score (nSPS) is 17.6. The van der Waals surface area contributed by atoms with Crippen LogP contribution in [0.1, 0.15) is 37.0 Å². The van der Waals surface area contributed by atoms with E-state index in [1.54, 1.807) is 10.8 Å². The zero-order valence-corrected chi connectivity index (χ0v) is 22.4. The van der Waals surface area contributed by atoms with E-state index in [4.69, 9.17) is 11.6 Å². The molecule has 0 aliphatic carbocycles. The summed E-state index contributed by atoms with van der Waals surface area (Å²) in [5.74, 6) is -0.451. The van der Waals surface area contributed by atoms with E-state index in [1.807, 2.05) is 36.9 Å². The summed E-state index contributed by atoms with van der Waals surface area (Å²) in [5.41, 5.74) is 0.967. The summed E-state index contributed by atoms with van der Waals surface area (Å²) in [6.07, 6.45) is 4.82. The fraction of sp³-hybridized carbons (Fsp3) is 0.444. The summed E-state index contributed by atoms with van der Waals surface area (Å²) in [5, 5.41) is 20.0. The molecule has 5 rings (SSSR count). The standard InChI is InChI=1S/C25H28ClN5O4.C2H6/c1-28(2)17-11-29(12-17)23-6-5-15(10-27-23)31-13-19(25(34)35)24(33)18-8-20(26)22(9-21(18)31)30-7-3-4-16(30)14-32;1-2/h5-6,8-10,13,16-17,32H,3-4,7,11-12,14H2,1-2H3,(H,34,35);1-2H3/t16-;/m1./s1. The highest BCUT2D eigenvalue weighted by atomic mass is 35.5. The number of hydrogen-bond acceptors (Lipinski definition) is 7. The zero-order valence-electron chi connectivity index (χ0n) is 21.7. The summed E-state index contributed by atoms with van der Waals surface area (Å²) in [4.78, 5) is 35.9. The molecule has 0 unspecified atom stereocenters. The van der Waals surface area contributed by atoms with Crippen molar-refractivity contribution in [3.05, 3.63) is 57.5 Å². The number of carboxylic acid groups (broad SMARTS) is 1. The molecule has 0 spiro atoms. The number of likely N-dealkylation sites (N-methyl/N-ethyl adjacent to an activating group) is 1. The van der Waals surface area contributed by atoms with Gasteiger partial charge >= 0.3 is 5.97 Å². The summed E-state index contributed by atoms with van der Waals surface area (Å²) < 4.78 is 1.68. The molecule has 0 amide bonds. The minimum absolute atomic E-state index is 0.00961. The molecule has 2 fully saturated rings. The SMILES string of the molecule is CC.CN(C)C1CN(c2ccc(-n3cc(C(=O)O)c(=O)c4cc(Cl)c(N5CCC[C@@H]5CO)cc43)cn2)C1. The summed E-state index contributed by atoms with van der Waals surface area (Å²) in [7, 11) is 4.12. The van der Waals surface area contributed by atoms with Crippen LogP contribution in [0.2, 0.25) is 5.02 Å². The van der Waals surface area contributed by atoms with Gasteiger partial charge in [-0.1, -0.05) is 25.4 Å². The second-order valence-electron chi connectivity index (χ2n) is 9.44. The topological polar surface area (TPSA) is 102 Å². The van der Waals surface area contributed by atoms with Gasteiger partial charge in [-0.15, -0.1) is 0 Å². The summed E-state index contributed by atoms with van der Waals surface area (Å²) >= 11 is 6.58. The van der Waals surface area contributed by atoms with Crippen molar-refractivity contribution in [2.45, 2.75) is 38.8 Å². The van der Waals surface area contributed by atoms with Crippen molar-refractivity contribution < 1.29 is 15.0 Å². The molecular formula is C27H34ClN5O4. The Hall–Kier alpha value is -3.14. The number of carboxylic acids is 1. The molecule has 2 N–H and O–H groups in total. The largest absolute Gasteiger partial charge is 0.477 e. The number of anilines is 2.